The summed E-state index contributed by atoms with van der Waals surface area (Å²) in [5, 5.41) is 13.2. The van der Waals surface area contributed by atoms with Gasteiger partial charge in [-0.25, -0.2) is 23.7 Å². The Bertz CT molecular complexity index is 1150. The van der Waals surface area contributed by atoms with E-state index in [0.717, 1.165) is 25.2 Å². The molecule has 0 saturated heterocycles. The van der Waals surface area contributed by atoms with Crippen molar-refractivity contribution >= 4 is 35.2 Å². The third kappa shape index (κ3) is 3.28. The van der Waals surface area contributed by atoms with Gasteiger partial charge in [0.05, 0.1) is 18.3 Å². The molecule has 0 spiro atoms. The molecule has 7 nitrogen and oxygen atoms in total. The van der Waals surface area contributed by atoms with Gasteiger partial charge in [-0.15, -0.1) is 12.4 Å². The second kappa shape index (κ2) is 7.64. The summed E-state index contributed by atoms with van der Waals surface area (Å²) in [6.07, 6.45) is 9.30. The number of hydrogen-bond donors (Lipinski definition) is 3. The van der Waals surface area contributed by atoms with Crippen molar-refractivity contribution in [3.63, 3.8) is 0 Å². The molecule has 2 unspecified atom stereocenters. The molecular weight excluding hydrogens is 416 g/mol. The van der Waals surface area contributed by atoms with E-state index in [4.69, 9.17) is 0 Å². The number of carbonyl (C=O) groups is 1. The second-order valence-corrected chi connectivity index (χ2v) is 7.47. The van der Waals surface area contributed by atoms with Crippen LogP contribution in [0.4, 0.5) is 14.6 Å². The van der Waals surface area contributed by atoms with Gasteiger partial charge in [0.1, 0.15) is 11.5 Å². The number of allylic oxidation sites excluding steroid dienone is 1. The van der Waals surface area contributed by atoms with Crippen LogP contribution in [0.3, 0.4) is 0 Å². The molecule has 10 heteroatoms. The zero-order valence-corrected chi connectivity index (χ0v) is 16.4. The summed E-state index contributed by atoms with van der Waals surface area (Å²) in [6.45, 7) is 0. The number of nitrogens with zero attached hydrogens (tertiary/aromatic N) is 3. The van der Waals surface area contributed by atoms with E-state index in [0.29, 0.717) is 16.6 Å². The minimum atomic E-state index is -0.908. The van der Waals surface area contributed by atoms with Crippen LogP contribution in [-0.4, -0.2) is 37.1 Å². The minimum absolute atomic E-state index is 0. The maximum atomic E-state index is 14.5. The molecule has 3 N–H and O–H groups in total. The molecular formula is C20H18ClF2N5O2. The predicted octanol–water partition coefficient (Wildman–Crippen LogP) is 3.80. The number of halogens is 3. The van der Waals surface area contributed by atoms with Crippen LogP contribution in [0.1, 0.15) is 12.8 Å². The molecule has 0 radical (unpaired) electrons. The molecule has 0 aliphatic heterocycles. The molecule has 6 rings (SSSR count). The molecule has 3 aliphatic carbocycles. The number of hydrogen-bond acceptors (Lipinski definition) is 5. The van der Waals surface area contributed by atoms with Crippen LogP contribution in [-0.2, 0) is 4.79 Å². The first-order valence-electron chi connectivity index (χ1n) is 9.34. The number of pyridine rings is 1. The molecule has 30 heavy (non-hydrogen) atoms. The Labute approximate surface area is 176 Å². The first-order valence-corrected chi connectivity index (χ1v) is 9.34. The molecule has 0 amide bonds. The number of H-pyrrole nitrogens is 1. The Morgan fingerprint density at radius 2 is 1.93 bits per heavy atom. The summed E-state index contributed by atoms with van der Waals surface area (Å²) in [5.74, 6) is -2.70. The van der Waals surface area contributed by atoms with Crippen LogP contribution in [0.25, 0.3) is 22.4 Å². The van der Waals surface area contributed by atoms with Crippen molar-refractivity contribution in [3.05, 3.63) is 48.4 Å². The highest BCUT2D eigenvalue weighted by atomic mass is 35.5. The van der Waals surface area contributed by atoms with Gasteiger partial charge < -0.3 is 15.4 Å². The highest BCUT2D eigenvalue weighted by Gasteiger charge is 2.45. The van der Waals surface area contributed by atoms with Crippen molar-refractivity contribution < 1.29 is 18.7 Å². The SMILES string of the molecule is Cl.O=C(O)[C@H]1C2C=CC(CC2)[C@@H]1Nc1nc(-c2c[nH]c3ncc(F)cc23)ncc1F. The lowest BCUT2D eigenvalue weighted by Crippen LogP contribution is -2.49. The predicted molar refractivity (Wildman–Crippen MR) is 108 cm³/mol. The van der Waals surface area contributed by atoms with E-state index in [2.05, 4.69) is 25.3 Å². The molecule has 3 aromatic rings. The summed E-state index contributed by atoms with van der Waals surface area (Å²) in [7, 11) is 0. The molecule has 2 bridgehead atoms. The van der Waals surface area contributed by atoms with E-state index in [9.17, 15) is 18.7 Å². The number of fused-ring (bicyclic) bond motifs is 3. The van der Waals surface area contributed by atoms with Crippen LogP contribution in [0.5, 0.6) is 0 Å². The van der Waals surface area contributed by atoms with Gasteiger partial charge >= 0.3 is 5.97 Å². The molecule has 0 aromatic carbocycles. The van der Waals surface area contributed by atoms with Crippen LogP contribution >= 0.6 is 12.4 Å². The number of anilines is 1. The van der Waals surface area contributed by atoms with Crippen molar-refractivity contribution in [2.45, 2.75) is 18.9 Å². The third-order valence-electron chi connectivity index (χ3n) is 5.82. The number of carboxylic acids is 1. The highest BCUT2D eigenvalue weighted by Crippen LogP contribution is 2.42. The third-order valence-corrected chi connectivity index (χ3v) is 5.82. The lowest BCUT2D eigenvalue weighted by molar-refractivity contribution is -0.145. The van der Waals surface area contributed by atoms with Crippen molar-refractivity contribution in [1.82, 2.24) is 19.9 Å². The summed E-state index contributed by atoms with van der Waals surface area (Å²) in [6, 6.07) is 0.842. The lowest BCUT2D eigenvalue weighted by atomic mass is 9.66. The quantitative estimate of drug-likeness (QED) is 0.541. The first kappa shape index (κ1) is 20.2. The summed E-state index contributed by atoms with van der Waals surface area (Å²) < 4.78 is 28.1. The number of aliphatic carboxylic acids is 1. The molecule has 156 valence electrons. The van der Waals surface area contributed by atoms with Gasteiger partial charge in [-0.05, 0) is 30.7 Å². The zero-order chi connectivity index (χ0) is 20.1. The summed E-state index contributed by atoms with van der Waals surface area (Å²) >= 11 is 0. The second-order valence-electron chi connectivity index (χ2n) is 7.47. The summed E-state index contributed by atoms with van der Waals surface area (Å²) in [4.78, 5) is 27.0. The number of carboxylic acid groups (broad SMARTS) is 1. The fraction of sp³-hybridized carbons (Fsp3) is 0.300. The summed E-state index contributed by atoms with van der Waals surface area (Å²) in [5.41, 5.74) is 0.944. The van der Waals surface area contributed by atoms with Crippen molar-refractivity contribution in [3.8, 4) is 11.4 Å². The topological polar surface area (TPSA) is 104 Å². The molecule has 3 heterocycles. The van der Waals surface area contributed by atoms with E-state index in [-0.39, 0.29) is 35.9 Å². The average Bonchev–Trinajstić information content (AvgIpc) is 3.13. The molecule has 1 saturated carbocycles. The van der Waals surface area contributed by atoms with Crippen molar-refractivity contribution in [1.29, 1.82) is 0 Å². The zero-order valence-electron chi connectivity index (χ0n) is 15.5. The molecule has 1 fully saturated rings. The van der Waals surface area contributed by atoms with Gasteiger partial charge in [0.25, 0.3) is 0 Å². The minimum Gasteiger partial charge on any atom is -0.481 e. The largest absolute Gasteiger partial charge is 0.481 e. The van der Waals surface area contributed by atoms with E-state index in [1.54, 1.807) is 6.20 Å². The van der Waals surface area contributed by atoms with Gasteiger partial charge in [0.2, 0.25) is 0 Å². The molecule has 4 atom stereocenters. The van der Waals surface area contributed by atoms with Gasteiger partial charge in [-0.2, -0.15) is 0 Å². The average molecular weight is 434 g/mol. The van der Waals surface area contributed by atoms with E-state index in [1.807, 2.05) is 12.2 Å². The van der Waals surface area contributed by atoms with E-state index >= 15 is 0 Å². The number of rotatable bonds is 4. The lowest BCUT2D eigenvalue weighted by Gasteiger charge is -2.43. The Morgan fingerprint density at radius 3 is 2.67 bits per heavy atom. The molecule has 3 aromatic heterocycles. The van der Waals surface area contributed by atoms with Crippen LogP contribution in [0, 0.1) is 29.4 Å². The Balaban J connectivity index is 0.00000218. The number of nitrogens with one attached hydrogen (secondary N) is 2. The van der Waals surface area contributed by atoms with Gasteiger partial charge in [-0.1, -0.05) is 12.2 Å². The van der Waals surface area contributed by atoms with Crippen molar-refractivity contribution in [2.24, 2.45) is 17.8 Å². The van der Waals surface area contributed by atoms with Gasteiger partial charge in [0, 0.05) is 23.2 Å². The standard InChI is InChI=1S/C20H17F2N5O2.ClH/c21-11-5-12-13(7-24-17(12)23-6-11)18-25-8-14(22)19(27-18)26-16-10-3-1-9(2-4-10)15(16)20(28)29;/h1,3,5-10,15-16H,2,4H2,(H,23,24)(H,28,29)(H,25,26,27);1H/t9?,10?,15-,16-;/m0./s1. The number of aromatic nitrogens is 4. The van der Waals surface area contributed by atoms with E-state index < -0.39 is 29.6 Å². The van der Waals surface area contributed by atoms with Crippen LogP contribution in [0.2, 0.25) is 0 Å². The maximum absolute atomic E-state index is 14.5. The first-order chi connectivity index (χ1) is 14.0. The fourth-order valence-corrected chi connectivity index (χ4v) is 4.45. The number of aromatic amines is 1. The maximum Gasteiger partial charge on any atom is 0.309 e. The van der Waals surface area contributed by atoms with Gasteiger partial charge in [0.15, 0.2) is 17.5 Å². The van der Waals surface area contributed by atoms with Gasteiger partial charge in [-0.3, -0.25) is 4.79 Å². The monoisotopic (exact) mass is 433 g/mol. The molecule has 3 aliphatic rings. The Kier molecular flexibility index (Phi) is 5.15. The highest BCUT2D eigenvalue weighted by molar-refractivity contribution is 5.91. The fourth-order valence-electron chi connectivity index (χ4n) is 4.45. The normalized spacial score (nSPS) is 24.6. The smallest absolute Gasteiger partial charge is 0.309 e. The Hall–Kier alpha value is -3.07. The Morgan fingerprint density at radius 1 is 1.17 bits per heavy atom. The van der Waals surface area contributed by atoms with Crippen molar-refractivity contribution in [2.75, 3.05) is 5.32 Å². The van der Waals surface area contributed by atoms with Crippen LogP contribution < -0.4 is 5.32 Å². The van der Waals surface area contributed by atoms with E-state index in [1.165, 1.54) is 6.07 Å². The van der Waals surface area contributed by atoms with Crippen LogP contribution in [0.15, 0.2) is 36.8 Å².